The average molecular weight is 395 g/mol. The minimum atomic E-state index is -4.35. The molecular weight excluding hydrogens is 371 g/mol. The lowest BCUT2D eigenvalue weighted by molar-refractivity contribution is -0.180. The van der Waals surface area contributed by atoms with E-state index in [4.69, 9.17) is 0 Å². The molecule has 0 amide bonds. The van der Waals surface area contributed by atoms with Crippen LogP contribution in [-0.4, -0.2) is 36.0 Å². The second-order valence-electron chi connectivity index (χ2n) is 7.62. The van der Waals surface area contributed by atoms with Gasteiger partial charge in [-0.2, -0.15) is 13.2 Å². The van der Waals surface area contributed by atoms with Gasteiger partial charge in [0, 0.05) is 26.6 Å². The summed E-state index contributed by atoms with van der Waals surface area (Å²) < 4.78 is 39.5. The number of nitrogens with zero attached hydrogens (tertiary/aromatic N) is 2. The van der Waals surface area contributed by atoms with Crippen molar-refractivity contribution in [3.63, 3.8) is 0 Å². The third kappa shape index (κ3) is 4.61. The van der Waals surface area contributed by atoms with E-state index in [0.29, 0.717) is 0 Å². The van der Waals surface area contributed by atoms with Crippen molar-refractivity contribution in [2.24, 2.45) is 0 Å². The molecule has 0 aliphatic carbocycles. The van der Waals surface area contributed by atoms with Crippen molar-refractivity contribution in [1.82, 2.24) is 9.97 Å². The quantitative estimate of drug-likeness (QED) is 0.750. The Bertz CT molecular complexity index is 900. The molecule has 152 valence electrons. The number of ketones is 1. The summed E-state index contributed by atoms with van der Waals surface area (Å²) in [7, 11) is 3.39. The van der Waals surface area contributed by atoms with Gasteiger partial charge >= 0.3 is 6.18 Å². The van der Waals surface area contributed by atoms with Gasteiger partial charge in [-0.1, -0.05) is 31.2 Å². The molecule has 1 aromatic heterocycles. The average Bonchev–Trinajstić information content (AvgIpc) is 2.60. The van der Waals surface area contributed by atoms with Crippen LogP contribution in [0.1, 0.15) is 54.7 Å². The number of rotatable bonds is 6. The summed E-state index contributed by atoms with van der Waals surface area (Å²) >= 11 is 0. The maximum absolute atomic E-state index is 13.2. The smallest absolute Gasteiger partial charge is 0.348 e. The van der Waals surface area contributed by atoms with Crippen LogP contribution in [0.15, 0.2) is 35.1 Å². The first-order chi connectivity index (χ1) is 12.8. The first-order valence-corrected chi connectivity index (χ1v) is 8.82. The highest BCUT2D eigenvalue weighted by molar-refractivity contribution is 5.94. The number of hydrogen-bond acceptors (Lipinski definition) is 4. The van der Waals surface area contributed by atoms with E-state index >= 15 is 0 Å². The van der Waals surface area contributed by atoms with Crippen LogP contribution in [0.4, 0.5) is 19.1 Å². The van der Waals surface area contributed by atoms with E-state index in [0.717, 1.165) is 25.5 Å². The van der Waals surface area contributed by atoms with Gasteiger partial charge in [-0.15, -0.1) is 0 Å². The number of carbonyl (C=O) groups excluding carboxylic acids is 1. The summed E-state index contributed by atoms with van der Waals surface area (Å²) in [5, 5.41) is 0. The number of carbonyl (C=O) groups is 1. The van der Waals surface area contributed by atoms with E-state index in [1.807, 2.05) is 6.92 Å². The Kier molecular flexibility index (Phi) is 6.01. The molecule has 0 fully saturated rings. The van der Waals surface area contributed by atoms with Crippen LogP contribution >= 0.6 is 0 Å². The van der Waals surface area contributed by atoms with Gasteiger partial charge in [-0.3, -0.25) is 14.6 Å². The Labute approximate surface area is 161 Å². The maximum atomic E-state index is 13.2. The van der Waals surface area contributed by atoms with Gasteiger partial charge in [0.25, 0.3) is 5.56 Å². The zero-order chi connectivity index (χ0) is 21.3. The van der Waals surface area contributed by atoms with Crippen molar-refractivity contribution in [1.29, 1.82) is 0 Å². The summed E-state index contributed by atoms with van der Waals surface area (Å²) in [5.74, 6) is -0.261. The summed E-state index contributed by atoms with van der Waals surface area (Å²) in [4.78, 5) is 32.5. The SMILES string of the molecule is CC(CC(=O)c1cc(=O)[nH]c(N(C)C)n1)c1ccc(C(C)(C)C(F)(F)F)cc1. The second-order valence-corrected chi connectivity index (χ2v) is 7.62. The minimum Gasteiger partial charge on any atom is -0.348 e. The third-order valence-electron chi connectivity index (χ3n) is 4.84. The zero-order valence-electron chi connectivity index (χ0n) is 16.5. The van der Waals surface area contributed by atoms with E-state index in [9.17, 15) is 22.8 Å². The number of nitrogens with one attached hydrogen (secondary N) is 1. The molecule has 0 aliphatic heterocycles. The second kappa shape index (κ2) is 7.77. The van der Waals surface area contributed by atoms with Gasteiger partial charge < -0.3 is 4.90 Å². The lowest BCUT2D eigenvalue weighted by atomic mass is 9.82. The molecular formula is C20H24F3N3O2. The van der Waals surface area contributed by atoms with E-state index in [1.165, 1.54) is 12.1 Å². The van der Waals surface area contributed by atoms with Gasteiger partial charge in [0.1, 0.15) is 5.69 Å². The zero-order valence-corrected chi connectivity index (χ0v) is 16.5. The molecule has 2 aromatic rings. The summed E-state index contributed by atoms with van der Waals surface area (Å²) in [6.45, 7) is 4.08. The van der Waals surface area contributed by atoms with Crippen LogP contribution in [0.5, 0.6) is 0 Å². The third-order valence-corrected chi connectivity index (χ3v) is 4.84. The highest BCUT2D eigenvalue weighted by Gasteiger charge is 2.48. The van der Waals surface area contributed by atoms with Crippen LogP contribution in [-0.2, 0) is 5.41 Å². The van der Waals surface area contributed by atoms with Crippen LogP contribution < -0.4 is 10.5 Å². The van der Waals surface area contributed by atoms with Gasteiger partial charge in [0.2, 0.25) is 5.95 Å². The van der Waals surface area contributed by atoms with Crippen molar-refractivity contribution in [3.05, 3.63) is 57.5 Å². The van der Waals surface area contributed by atoms with E-state index in [2.05, 4.69) is 9.97 Å². The fraction of sp³-hybridized carbons (Fsp3) is 0.450. The lowest BCUT2D eigenvalue weighted by Gasteiger charge is -2.28. The number of halogens is 3. The Hall–Kier alpha value is -2.64. The molecule has 0 radical (unpaired) electrons. The molecule has 0 aliphatic rings. The molecule has 5 nitrogen and oxygen atoms in total. The number of hydrogen-bond donors (Lipinski definition) is 1. The van der Waals surface area contributed by atoms with E-state index in [-0.39, 0.29) is 35.3 Å². The molecule has 8 heteroatoms. The summed E-state index contributed by atoms with van der Waals surface area (Å²) in [6, 6.07) is 7.25. The first kappa shape index (κ1) is 21.7. The highest BCUT2D eigenvalue weighted by atomic mass is 19.4. The number of aromatic amines is 1. The van der Waals surface area contributed by atoms with Crippen molar-refractivity contribution in [2.75, 3.05) is 19.0 Å². The number of anilines is 1. The normalized spacial score (nSPS) is 13.3. The molecule has 0 spiro atoms. The van der Waals surface area contributed by atoms with Crippen molar-refractivity contribution >= 4 is 11.7 Å². The fourth-order valence-corrected chi connectivity index (χ4v) is 2.69. The highest BCUT2D eigenvalue weighted by Crippen LogP contribution is 2.40. The minimum absolute atomic E-state index is 0.0640. The van der Waals surface area contributed by atoms with Crippen LogP contribution in [0.2, 0.25) is 0 Å². The predicted octanol–water partition coefficient (Wildman–Crippen LogP) is 4.05. The van der Waals surface area contributed by atoms with Gasteiger partial charge in [-0.25, -0.2) is 4.98 Å². The molecule has 1 N–H and O–H groups in total. The molecule has 0 saturated carbocycles. The molecule has 0 bridgehead atoms. The molecule has 1 heterocycles. The van der Waals surface area contributed by atoms with Crippen molar-refractivity contribution < 1.29 is 18.0 Å². The van der Waals surface area contributed by atoms with E-state index < -0.39 is 17.2 Å². The Morgan fingerprint density at radius 2 is 1.75 bits per heavy atom. The fourth-order valence-electron chi connectivity index (χ4n) is 2.69. The predicted molar refractivity (Wildman–Crippen MR) is 102 cm³/mol. The molecule has 2 rings (SSSR count). The van der Waals surface area contributed by atoms with Gasteiger partial charge in [-0.05, 0) is 30.9 Å². The molecule has 1 unspecified atom stereocenters. The number of benzene rings is 1. The number of Topliss-reactive ketones (excluding diaryl/α,β-unsaturated/α-hetero) is 1. The largest absolute Gasteiger partial charge is 0.397 e. The Balaban J connectivity index is 2.18. The van der Waals surface area contributed by atoms with Gasteiger partial charge in [0.15, 0.2) is 5.78 Å². The number of alkyl halides is 3. The van der Waals surface area contributed by atoms with Crippen molar-refractivity contribution in [3.8, 4) is 0 Å². The van der Waals surface area contributed by atoms with E-state index in [1.54, 1.807) is 31.1 Å². The number of aromatic nitrogens is 2. The summed E-state index contributed by atoms with van der Waals surface area (Å²) in [5.41, 5.74) is -1.41. The molecule has 1 atom stereocenters. The van der Waals surface area contributed by atoms with Crippen LogP contribution in [0.3, 0.4) is 0 Å². The molecule has 0 saturated heterocycles. The Morgan fingerprint density at radius 1 is 1.18 bits per heavy atom. The number of H-pyrrole nitrogens is 1. The summed E-state index contributed by atoms with van der Waals surface area (Å²) in [6.07, 6.45) is -4.27. The van der Waals surface area contributed by atoms with Crippen molar-refractivity contribution in [2.45, 2.75) is 44.7 Å². The lowest BCUT2D eigenvalue weighted by Crippen LogP contribution is -2.36. The van der Waals surface area contributed by atoms with Crippen LogP contribution in [0, 0.1) is 0 Å². The Morgan fingerprint density at radius 3 is 2.25 bits per heavy atom. The maximum Gasteiger partial charge on any atom is 0.397 e. The molecule has 28 heavy (non-hydrogen) atoms. The van der Waals surface area contributed by atoms with Gasteiger partial charge in [0.05, 0.1) is 5.41 Å². The monoisotopic (exact) mass is 395 g/mol. The first-order valence-electron chi connectivity index (χ1n) is 8.82. The topological polar surface area (TPSA) is 66.1 Å². The van der Waals surface area contributed by atoms with Crippen LogP contribution in [0.25, 0.3) is 0 Å². The molecule has 1 aromatic carbocycles. The standard InChI is InChI=1S/C20H24F3N3O2/c1-12(10-16(27)15-11-17(28)25-18(24-15)26(4)5)13-6-8-14(9-7-13)19(2,3)20(21,22)23/h6-9,11-12H,10H2,1-5H3,(H,24,25,28).